The lowest BCUT2D eigenvalue weighted by atomic mass is 10.2. The minimum atomic E-state index is -4.45. The molecule has 2 aromatic rings. The van der Waals surface area contributed by atoms with Crippen LogP contribution in [0.3, 0.4) is 0 Å². The fourth-order valence-electron chi connectivity index (χ4n) is 1.57. The van der Waals surface area contributed by atoms with Gasteiger partial charge in [0, 0.05) is 18.8 Å². The van der Waals surface area contributed by atoms with Crippen LogP contribution < -0.4 is 0 Å². The molecule has 18 heavy (non-hydrogen) atoms. The summed E-state index contributed by atoms with van der Waals surface area (Å²) in [6.07, 6.45) is -0.802. The number of halogens is 4. The Bertz CT molecular complexity index is 563. The Morgan fingerprint density at radius 1 is 1.33 bits per heavy atom. The van der Waals surface area contributed by atoms with Gasteiger partial charge in [0.1, 0.15) is 16.8 Å². The molecule has 0 bridgehead atoms. The summed E-state index contributed by atoms with van der Waals surface area (Å²) in [6.45, 7) is 1.86. The van der Waals surface area contributed by atoms with Gasteiger partial charge in [0.05, 0.1) is 5.56 Å². The highest BCUT2D eigenvalue weighted by atomic mass is 35.5. The van der Waals surface area contributed by atoms with Crippen LogP contribution in [0.4, 0.5) is 13.2 Å². The van der Waals surface area contributed by atoms with E-state index in [0.29, 0.717) is 12.2 Å². The van der Waals surface area contributed by atoms with E-state index in [2.05, 4.69) is 9.97 Å². The van der Waals surface area contributed by atoms with E-state index in [-0.39, 0.29) is 11.0 Å². The molecule has 0 aliphatic carbocycles. The van der Waals surface area contributed by atoms with Gasteiger partial charge in [-0.25, -0.2) is 9.97 Å². The highest BCUT2D eigenvalue weighted by Crippen LogP contribution is 2.31. The monoisotopic (exact) mass is 275 g/mol. The summed E-state index contributed by atoms with van der Waals surface area (Å²) in [5.74, 6) is 0.738. The largest absolute Gasteiger partial charge is 0.416 e. The van der Waals surface area contributed by atoms with Gasteiger partial charge in [-0.15, -0.1) is 0 Å². The van der Waals surface area contributed by atoms with Crippen LogP contribution in [-0.4, -0.2) is 14.5 Å². The number of hydrogen-bond acceptors (Lipinski definition) is 2. The molecule has 0 saturated heterocycles. The van der Waals surface area contributed by atoms with Crippen LogP contribution in [0.15, 0.2) is 24.5 Å². The van der Waals surface area contributed by atoms with E-state index >= 15 is 0 Å². The molecule has 2 heterocycles. The van der Waals surface area contributed by atoms with E-state index in [9.17, 15) is 13.2 Å². The third kappa shape index (κ3) is 2.48. The van der Waals surface area contributed by atoms with Crippen molar-refractivity contribution in [1.29, 1.82) is 0 Å². The summed E-state index contributed by atoms with van der Waals surface area (Å²) in [5, 5.41) is -0.199. The summed E-state index contributed by atoms with van der Waals surface area (Å²) >= 11 is 5.62. The second-order valence-corrected chi connectivity index (χ2v) is 3.99. The lowest BCUT2D eigenvalue weighted by Crippen LogP contribution is -2.09. The second-order valence-electron chi connectivity index (χ2n) is 3.60. The van der Waals surface area contributed by atoms with Crippen LogP contribution in [0.5, 0.6) is 0 Å². The van der Waals surface area contributed by atoms with Gasteiger partial charge >= 0.3 is 6.18 Å². The van der Waals surface area contributed by atoms with Crippen LogP contribution in [0, 0.1) is 0 Å². The number of hydrogen-bond donors (Lipinski definition) is 0. The number of alkyl halides is 3. The first kappa shape index (κ1) is 12.9. The average molecular weight is 276 g/mol. The Balaban J connectivity index is 2.56. The molecule has 2 rings (SSSR count). The molecule has 0 fully saturated rings. The molecule has 3 nitrogen and oxygen atoms in total. The Morgan fingerprint density at radius 3 is 2.67 bits per heavy atom. The highest BCUT2D eigenvalue weighted by Gasteiger charge is 2.31. The molecule has 0 aromatic carbocycles. The van der Waals surface area contributed by atoms with Crippen molar-refractivity contribution in [2.75, 3.05) is 0 Å². The molecular weight excluding hydrogens is 267 g/mol. The minimum absolute atomic E-state index is 0.115. The third-order valence-electron chi connectivity index (χ3n) is 2.39. The number of pyridine rings is 1. The van der Waals surface area contributed by atoms with Crippen molar-refractivity contribution in [3.8, 4) is 5.82 Å². The third-order valence-corrected chi connectivity index (χ3v) is 2.58. The van der Waals surface area contributed by atoms with Crippen molar-refractivity contribution in [3.05, 3.63) is 41.1 Å². The lowest BCUT2D eigenvalue weighted by Gasteiger charge is -2.11. The van der Waals surface area contributed by atoms with Gasteiger partial charge in [0.25, 0.3) is 0 Å². The summed E-state index contributed by atoms with van der Waals surface area (Å²) in [5.41, 5.74) is -0.826. The zero-order valence-electron chi connectivity index (χ0n) is 9.37. The molecule has 0 amide bonds. The minimum Gasteiger partial charge on any atom is -0.288 e. The first-order valence-electron chi connectivity index (χ1n) is 5.19. The number of aryl methyl sites for hydroxylation is 1. The summed E-state index contributed by atoms with van der Waals surface area (Å²) < 4.78 is 39.5. The molecule has 0 aliphatic rings. The highest BCUT2D eigenvalue weighted by molar-refractivity contribution is 6.29. The Morgan fingerprint density at radius 2 is 2.06 bits per heavy atom. The van der Waals surface area contributed by atoms with E-state index in [4.69, 9.17) is 11.6 Å². The standard InChI is InChI=1S/C11H9ClF3N3/c1-2-9-16-3-4-18(9)10-6-7(11(13,14)15)5-8(12)17-10/h3-6H,2H2,1H3. The first-order chi connectivity index (χ1) is 8.41. The number of aromatic nitrogens is 3. The fraction of sp³-hybridized carbons (Fsp3) is 0.273. The maximum Gasteiger partial charge on any atom is 0.416 e. The van der Waals surface area contributed by atoms with Crippen LogP contribution in [0.2, 0.25) is 5.15 Å². The molecule has 0 spiro atoms. The maximum absolute atomic E-state index is 12.7. The van der Waals surface area contributed by atoms with E-state index in [1.807, 2.05) is 6.92 Å². The molecule has 0 radical (unpaired) electrons. The summed E-state index contributed by atoms with van der Waals surface area (Å²) in [7, 11) is 0. The normalized spacial score (nSPS) is 11.8. The predicted molar refractivity (Wildman–Crippen MR) is 60.7 cm³/mol. The van der Waals surface area contributed by atoms with Gasteiger partial charge in [0.15, 0.2) is 0 Å². The van der Waals surface area contributed by atoms with Crippen molar-refractivity contribution >= 4 is 11.6 Å². The van der Waals surface area contributed by atoms with Crippen molar-refractivity contribution in [1.82, 2.24) is 14.5 Å². The van der Waals surface area contributed by atoms with Gasteiger partial charge in [0.2, 0.25) is 0 Å². The van der Waals surface area contributed by atoms with Crippen molar-refractivity contribution in [3.63, 3.8) is 0 Å². The van der Waals surface area contributed by atoms with E-state index in [1.165, 1.54) is 10.8 Å². The Kier molecular flexibility index (Phi) is 3.30. The van der Waals surface area contributed by atoms with Gasteiger partial charge < -0.3 is 0 Å². The topological polar surface area (TPSA) is 30.7 Å². The maximum atomic E-state index is 12.7. The number of imidazole rings is 1. The Labute approximate surface area is 106 Å². The van der Waals surface area contributed by atoms with Crippen molar-refractivity contribution < 1.29 is 13.2 Å². The van der Waals surface area contributed by atoms with E-state index < -0.39 is 11.7 Å². The zero-order chi connectivity index (χ0) is 13.3. The Hall–Kier alpha value is -1.56. The molecular formula is C11H9ClF3N3. The zero-order valence-corrected chi connectivity index (χ0v) is 10.1. The number of nitrogens with zero attached hydrogens (tertiary/aromatic N) is 3. The van der Waals surface area contributed by atoms with Gasteiger partial charge in [-0.2, -0.15) is 13.2 Å². The van der Waals surface area contributed by atoms with E-state index in [1.54, 1.807) is 6.20 Å². The molecule has 0 atom stereocenters. The van der Waals surface area contributed by atoms with E-state index in [0.717, 1.165) is 12.1 Å². The van der Waals surface area contributed by atoms with Crippen LogP contribution in [0.25, 0.3) is 5.82 Å². The summed E-state index contributed by atoms with van der Waals surface area (Å²) in [6, 6.07) is 1.75. The molecule has 0 saturated carbocycles. The molecule has 7 heteroatoms. The summed E-state index contributed by atoms with van der Waals surface area (Å²) in [4.78, 5) is 7.92. The number of rotatable bonds is 2. The average Bonchev–Trinajstić information content (AvgIpc) is 2.74. The van der Waals surface area contributed by atoms with Gasteiger partial charge in [-0.3, -0.25) is 4.57 Å². The smallest absolute Gasteiger partial charge is 0.288 e. The SMILES string of the molecule is CCc1nccn1-c1cc(C(F)(F)F)cc(Cl)n1. The molecule has 0 aliphatic heterocycles. The molecule has 2 aromatic heterocycles. The fourth-order valence-corrected chi connectivity index (χ4v) is 1.78. The van der Waals surface area contributed by atoms with Crippen molar-refractivity contribution in [2.24, 2.45) is 0 Å². The van der Waals surface area contributed by atoms with Gasteiger partial charge in [-0.05, 0) is 12.1 Å². The second kappa shape index (κ2) is 4.61. The lowest BCUT2D eigenvalue weighted by molar-refractivity contribution is -0.137. The van der Waals surface area contributed by atoms with Crippen LogP contribution in [-0.2, 0) is 12.6 Å². The molecule has 0 N–H and O–H groups in total. The van der Waals surface area contributed by atoms with Crippen molar-refractivity contribution in [2.45, 2.75) is 19.5 Å². The van der Waals surface area contributed by atoms with Gasteiger partial charge in [-0.1, -0.05) is 18.5 Å². The molecule has 96 valence electrons. The first-order valence-corrected chi connectivity index (χ1v) is 5.57. The quantitative estimate of drug-likeness (QED) is 0.786. The van der Waals surface area contributed by atoms with Crippen LogP contribution in [0.1, 0.15) is 18.3 Å². The molecule has 0 unspecified atom stereocenters. The van der Waals surface area contributed by atoms with Crippen LogP contribution >= 0.6 is 11.6 Å². The predicted octanol–water partition coefficient (Wildman–Crippen LogP) is 3.50.